The lowest BCUT2D eigenvalue weighted by Crippen LogP contribution is -2.13. The van der Waals surface area contributed by atoms with E-state index in [2.05, 4.69) is 20.5 Å². The van der Waals surface area contributed by atoms with E-state index in [1.807, 2.05) is 73.7 Å². The van der Waals surface area contributed by atoms with Crippen LogP contribution >= 0.6 is 11.3 Å². The number of nitrogens with zero attached hydrogens (tertiary/aromatic N) is 3. The summed E-state index contributed by atoms with van der Waals surface area (Å²) in [6.45, 7) is 1.87. The molecule has 7 heteroatoms. The van der Waals surface area contributed by atoms with Gasteiger partial charge in [0, 0.05) is 10.9 Å². The summed E-state index contributed by atoms with van der Waals surface area (Å²) in [6.07, 6.45) is 0. The van der Waals surface area contributed by atoms with Crippen LogP contribution in [0.2, 0.25) is 0 Å². The largest absolute Gasteiger partial charge is 0.460 e. The molecule has 0 atom stereocenters. The molecule has 3 heterocycles. The number of nitrogens with one attached hydrogen (secondary N) is 1. The molecule has 30 heavy (non-hydrogen) atoms. The Hall–Kier alpha value is -3.84. The number of aromatic nitrogens is 3. The molecule has 0 spiro atoms. The van der Waals surface area contributed by atoms with Crippen molar-refractivity contribution in [1.82, 2.24) is 15.2 Å². The molecule has 1 amide bonds. The molecule has 0 radical (unpaired) electrons. The van der Waals surface area contributed by atoms with E-state index in [0.717, 1.165) is 27.2 Å². The van der Waals surface area contributed by atoms with Gasteiger partial charge in [0.15, 0.2) is 5.76 Å². The number of carbonyl (C=O) groups is 1. The van der Waals surface area contributed by atoms with E-state index in [-0.39, 0.29) is 5.91 Å². The third kappa shape index (κ3) is 3.46. The van der Waals surface area contributed by atoms with E-state index in [1.54, 1.807) is 6.07 Å². The first kappa shape index (κ1) is 18.2. The number of aryl methyl sites for hydroxylation is 1. The van der Waals surface area contributed by atoms with Crippen LogP contribution in [0.3, 0.4) is 0 Å². The lowest BCUT2D eigenvalue weighted by molar-refractivity contribution is 0.102. The minimum Gasteiger partial charge on any atom is -0.460 e. The third-order valence-electron chi connectivity index (χ3n) is 4.62. The molecule has 5 aromatic rings. The number of rotatable bonds is 4. The van der Waals surface area contributed by atoms with E-state index in [4.69, 9.17) is 4.42 Å². The van der Waals surface area contributed by atoms with E-state index >= 15 is 0 Å². The third-order valence-corrected chi connectivity index (χ3v) is 5.51. The molecule has 0 saturated carbocycles. The van der Waals surface area contributed by atoms with Crippen LogP contribution in [0, 0.1) is 6.92 Å². The highest BCUT2D eigenvalue weighted by Gasteiger charge is 2.17. The van der Waals surface area contributed by atoms with Crippen molar-refractivity contribution in [3.63, 3.8) is 0 Å². The first-order chi connectivity index (χ1) is 14.7. The molecule has 6 nitrogen and oxygen atoms in total. The average molecular weight is 412 g/mol. The summed E-state index contributed by atoms with van der Waals surface area (Å²) in [5, 5.41) is 13.1. The Bertz CT molecular complexity index is 1360. The molecule has 0 aliphatic heterocycles. The Morgan fingerprint density at radius 1 is 0.967 bits per heavy atom. The van der Waals surface area contributed by atoms with Gasteiger partial charge in [-0.15, -0.1) is 10.2 Å². The number of amides is 1. The van der Waals surface area contributed by atoms with Gasteiger partial charge in [-0.25, -0.2) is 4.98 Å². The van der Waals surface area contributed by atoms with Gasteiger partial charge in [0.05, 0.1) is 11.1 Å². The highest BCUT2D eigenvalue weighted by Crippen LogP contribution is 2.29. The number of hydrogen-bond donors (Lipinski definition) is 1. The van der Waals surface area contributed by atoms with Crippen molar-refractivity contribution in [2.24, 2.45) is 0 Å². The van der Waals surface area contributed by atoms with Crippen LogP contribution in [-0.2, 0) is 0 Å². The monoisotopic (exact) mass is 412 g/mol. The van der Waals surface area contributed by atoms with Gasteiger partial charge >= 0.3 is 0 Å². The molecule has 0 aliphatic rings. The summed E-state index contributed by atoms with van der Waals surface area (Å²) in [5.74, 6) is 1.14. The summed E-state index contributed by atoms with van der Waals surface area (Å²) < 4.78 is 5.71. The Morgan fingerprint density at radius 2 is 1.77 bits per heavy atom. The van der Waals surface area contributed by atoms with Crippen LogP contribution in [0.5, 0.6) is 0 Å². The molecule has 146 valence electrons. The minimum atomic E-state index is -0.270. The topological polar surface area (TPSA) is 80.9 Å². The Balaban J connectivity index is 1.51. The van der Waals surface area contributed by atoms with Gasteiger partial charge in [-0.3, -0.25) is 10.1 Å². The second-order valence-corrected chi connectivity index (χ2v) is 7.69. The van der Waals surface area contributed by atoms with Gasteiger partial charge in [-0.2, -0.15) is 0 Å². The zero-order valence-electron chi connectivity index (χ0n) is 16.0. The molecule has 0 aliphatic carbocycles. The summed E-state index contributed by atoms with van der Waals surface area (Å²) in [6, 6.07) is 22.7. The fourth-order valence-corrected chi connectivity index (χ4v) is 3.94. The molecule has 3 aromatic heterocycles. The zero-order valence-corrected chi connectivity index (χ0v) is 16.8. The van der Waals surface area contributed by atoms with Crippen molar-refractivity contribution in [2.45, 2.75) is 6.92 Å². The SMILES string of the molecule is Cc1ccc(-c2cc(C(=O)Nc3nnc(-c4ccccc4)s3)c3ccccc3n2)o1. The quantitative estimate of drug-likeness (QED) is 0.417. The molecule has 0 saturated heterocycles. The van der Waals surface area contributed by atoms with Gasteiger partial charge < -0.3 is 4.42 Å². The van der Waals surface area contributed by atoms with Gasteiger partial charge in [0.1, 0.15) is 16.5 Å². The predicted octanol–water partition coefficient (Wildman–Crippen LogP) is 5.57. The summed E-state index contributed by atoms with van der Waals surface area (Å²) >= 11 is 1.33. The maximum Gasteiger partial charge on any atom is 0.258 e. The maximum atomic E-state index is 13.1. The Morgan fingerprint density at radius 3 is 2.57 bits per heavy atom. The van der Waals surface area contributed by atoms with Crippen LogP contribution < -0.4 is 5.32 Å². The van der Waals surface area contributed by atoms with E-state index in [9.17, 15) is 4.79 Å². The van der Waals surface area contributed by atoms with Crippen molar-refractivity contribution in [2.75, 3.05) is 5.32 Å². The zero-order chi connectivity index (χ0) is 20.5. The van der Waals surface area contributed by atoms with Crippen molar-refractivity contribution in [3.05, 3.63) is 84.1 Å². The lowest BCUT2D eigenvalue weighted by atomic mass is 10.1. The Labute approximate surface area is 176 Å². The number of para-hydroxylation sites is 1. The number of furan rings is 1. The highest BCUT2D eigenvalue weighted by molar-refractivity contribution is 7.18. The minimum absolute atomic E-state index is 0.270. The molecule has 0 bridgehead atoms. The second-order valence-electron chi connectivity index (χ2n) is 6.72. The smallest absolute Gasteiger partial charge is 0.258 e. The molecule has 2 aromatic carbocycles. The normalized spacial score (nSPS) is 11.0. The average Bonchev–Trinajstić information content (AvgIpc) is 3.42. The molecular weight excluding hydrogens is 396 g/mol. The predicted molar refractivity (Wildman–Crippen MR) is 117 cm³/mol. The standard InChI is InChI=1S/C23H16N4O2S/c1-14-11-12-20(29-14)19-13-17(16-9-5-6-10-18(16)24-19)21(28)25-23-27-26-22(30-23)15-7-3-2-4-8-15/h2-13H,1H3,(H,25,27,28). The van der Waals surface area contributed by atoms with E-state index in [0.29, 0.717) is 22.1 Å². The number of fused-ring (bicyclic) bond motifs is 1. The summed E-state index contributed by atoms with van der Waals surface area (Å²) in [7, 11) is 0. The fraction of sp³-hybridized carbons (Fsp3) is 0.0435. The second kappa shape index (κ2) is 7.53. The molecule has 1 N–H and O–H groups in total. The summed E-state index contributed by atoms with van der Waals surface area (Å²) in [5.41, 5.74) is 2.78. The fourth-order valence-electron chi connectivity index (χ4n) is 3.20. The van der Waals surface area contributed by atoms with Crippen LogP contribution in [0.15, 0.2) is 77.2 Å². The first-order valence-corrected chi connectivity index (χ1v) is 10.2. The van der Waals surface area contributed by atoms with Crippen LogP contribution in [0.4, 0.5) is 5.13 Å². The number of pyridine rings is 1. The van der Waals surface area contributed by atoms with Crippen LogP contribution in [0.25, 0.3) is 32.9 Å². The van der Waals surface area contributed by atoms with Crippen LogP contribution in [0.1, 0.15) is 16.1 Å². The molecule has 0 fully saturated rings. The van der Waals surface area contributed by atoms with Crippen molar-refractivity contribution < 1.29 is 9.21 Å². The number of benzene rings is 2. The van der Waals surface area contributed by atoms with Crippen molar-refractivity contribution in [1.29, 1.82) is 0 Å². The lowest BCUT2D eigenvalue weighted by Gasteiger charge is -2.08. The van der Waals surface area contributed by atoms with Gasteiger partial charge in [-0.1, -0.05) is 59.9 Å². The van der Waals surface area contributed by atoms with E-state index in [1.165, 1.54) is 11.3 Å². The highest BCUT2D eigenvalue weighted by atomic mass is 32.1. The number of anilines is 1. The molecule has 5 rings (SSSR count). The Kier molecular flexibility index (Phi) is 4.57. The molecule has 0 unspecified atom stereocenters. The van der Waals surface area contributed by atoms with E-state index < -0.39 is 0 Å². The van der Waals surface area contributed by atoms with Crippen LogP contribution in [-0.4, -0.2) is 21.1 Å². The number of hydrogen-bond acceptors (Lipinski definition) is 6. The number of carbonyl (C=O) groups excluding carboxylic acids is 1. The first-order valence-electron chi connectivity index (χ1n) is 9.34. The van der Waals surface area contributed by atoms with Gasteiger partial charge in [0.2, 0.25) is 5.13 Å². The van der Waals surface area contributed by atoms with Crippen molar-refractivity contribution in [3.8, 4) is 22.0 Å². The van der Waals surface area contributed by atoms with Gasteiger partial charge in [0.25, 0.3) is 5.91 Å². The maximum absolute atomic E-state index is 13.1. The molecular formula is C23H16N4O2S. The summed E-state index contributed by atoms with van der Waals surface area (Å²) in [4.78, 5) is 17.8. The van der Waals surface area contributed by atoms with Crippen molar-refractivity contribution >= 4 is 33.3 Å². The van der Waals surface area contributed by atoms with Gasteiger partial charge in [-0.05, 0) is 31.2 Å².